The van der Waals surface area contributed by atoms with Crippen LogP contribution < -0.4 is 10.5 Å². The molecule has 0 radical (unpaired) electrons. The lowest BCUT2D eigenvalue weighted by atomic mass is 10.0. The van der Waals surface area contributed by atoms with Crippen LogP contribution >= 0.6 is 0 Å². The van der Waals surface area contributed by atoms with Crippen molar-refractivity contribution in [3.63, 3.8) is 0 Å². The van der Waals surface area contributed by atoms with Crippen molar-refractivity contribution in [1.29, 1.82) is 0 Å². The molecule has 1 aromatic carbocycles. The SMILES string of the molecule is CCOC(=O)C[C@H](N)c1cccc(OC(C)C)c1. The van der Waals surface area contributed by atoms with Crippen molar-refractivity contribution in [2.24, 2.45) is 5.73 Å². The predicted molar refractivity (Wildman–Crippen MR) is 70.4 cm³/mol. The van der Waals surface area contributed by atoms with Crippen LogP contribution in [0.4, 0.5) is 0 Å². The van der Waals surface area contributed by atoms with Crippen LogP contribution in [0.2, 0.25) is 0 Å². The number of benzene rings is 1. The maximum absolute atomic E-state index is 11.4. The van der Waals surface area contributed by atoms with Gasteiger partial charge in [-0.15, -0.1) is 0 Å². The van der Waals surface area contributed by atoms with E-state index in [4.69, 9.17) is 15.2 Å². The van der Waals surface area contributed by atoms with Gasteiger partial charge in [0, 0.05) is 6.04 Å². The van der Waals surface area contributed by atoms with Gasteiger partial charge in [0.25, 0.3) is 0 Å². The average Bonchev–Trinajstić information content (AvgIpc) is 2.28. The fourth-order valence-corrected chi connectivity index (χ4v) is 1.61. The summed E-state index contributed by atoms with van der Waals surface area (Å²) in [5, 5.41) is 0. The molecule has 18 heavy (non-hydrogen) atoms. The number of hydrogen-bond donors (Lipinski definition) is 1. The van der Waals surface area contributed by atoms with Gasteiger partial charge in [-0.05, 0) is 38.5 Å². The molecule has 0 bridgehead atoms. The molecule has 0 unspecified atom stereocenters. The van der Waals surface area contributed by atoms with Gasteiger partial charge in [-0.25, -0.2) is 0 Å². The molecule has 0 spiro atoms. The van der Waals surface area contributed by atoms with Crippen LogP contribution in [0.15, 0.2) is 24.3 Å². The van der Waals surface area contributed by atoms with Crippen molar-refractivity contribution in [2.75, 3.05) is 6.61 Å². The molecular weight excluding hydrogens is 230 g/mol. The molecule has 0 amide bonds. The van der Waals surface area contributed by atoms with E-state index in [1.165, 1.54) is 0 Å². The largest absolute Gasteiger partial charge is 0.491 e. The Hall–Kier alpha value is -1.55. The minimum Gasteiger partial charge on any atom is -0.491 e. The second-order valence-corrected chi connectivity index (χ2v) is 4.35. The summed E-state index contributed by atoms with van der Waals surface area (Å²) in [5.74, 6) is 0.488. The van der Waals surface area contributed by atoms with E-state index in [0.717, 1.165) is 11.3 Å². The van der Waals surface area contributed by atoms with Crippen LogP contribution in [0.25, 0.3) is 0 Å². The molecule has 1 atom stereocenters. The van der Waals surface area contributed by atoms with E-state index in [1.54, 1.807) is 6.92 Å². The summed E-state index contributed by atoms with van der Waals surface area (Å²) in [5.41, 5.74) is 6.85. The second kappa shape index (κ2) is 7.01. The highest BCUT2D eigenvalue weighted by Gasteiger charge is 2.13. The monoisotopic (exact) mass is 251 g/mol. The first-order valence-corrected chi connectivity index (χ1v) is 6.20. The van der Waals surface area contributed by atoms with Crippen LogP contribution in [-0.4, -0.2) is 18.7 Å². The summed E-state index contributed by atoms with van der Waals surface area (Å²) in [7, 11) is 0. The van der Waals surface area contributed by atoms with Gasteiger partial charge in [-0.1, -0.05) is 12.1 Å². The Labute approximate surface area is 108 Å². The molecule has 0 aromatic heterocycles. The maximum Gasteiger partial charge on any atom is 0.307 e. The van der Waals surface area contributed by atoms with Crippen molar-refractivity contribution in [1.82, 2.24) is 0 Å². The van der Waals surface area contributed by atoms with Gasteiger partial charge < -0.3 is 15.2 Å². The summed E-state index contributed by atoms with van der Waals surface area (Å²) < 4.78 is 10.5. The minimum absolute atomic E-state index is 0.113. The number of nitrogens with two attached hydrogens (primary N) is 1. The van der Waals surface area contributed by atoms with E-state index in [2.05, 4.69) is 0 Å². The highest BCUT2D eigenvalue weighted by Crippen LogP contribution is 2.21. The molecule has 0 saturated heterocycles. The number of carbonyl (C=O) groups excluding carboxylic acids is 1. The van der Waals surface area contributed by atoms with Crippen molar-refractivity contribution in [3.8, 4) is 5.75 Å². The first kappa shape index (κ1) is 14.5. The Morgan fingerprint density at radius 1 is 1.39 bits per heavy atom. The maximum atomic E-state index is 11.4. The quantitative estimate of drug-likeness (QED) is 0.789. The molecule has 0 heterocycles. The number of carbonyl (C=O) groups is 1. The van der Waals surface area contributed by atoms with Crippen LogP contribution in [0.3, 0.4) is 0 Å². The minimum atomic E-state index is -0.361. The van der Waals surface area contributed by atoms with Crippen LogP contribution in [0, 0.1) is 0 Å². The molecule has 4 heteroatoms. The van der Waals surface area contributed by atoms with Crippen molar-refractivity contribution >= 4 is 5.97 Å². The van der Waals surface area contributed by atoms with Gasteiger partial charge in [0.15, 0.2) is 0 Å². The second-order valence-electron chi connectivity index (χ2n) is 4.35. The zero-order chi connectivity index (χ0) is 13.5. The molecule has 4 nitrogen and oxygen atoms in total. The van der Waals surface area contributed by atoms with Gasteiger partial charge in [-0.2, -0.15) is 0 Å². The molecule has 1 rings (SSSR count). The third-order valence-electron chi connectivity index (χ3n) is 2.35. The van der Waals surface area contributed by atoms with E-state index in [9.17, 15) is 4.79 Å². The van der Waals surface area contributed by atoms with Crippen molar-refractivity contribution in [2.45, 2.75) is 39.3 Å². The summed E-state index contributed by atoms with van der Waals surface area (Å²) in [6.07, 6.45) is 0.292. The van der Waals surface area contributed by atoms with E-state index < -0.39 is 0 Å². The third kappa shape index (κ3) is 4.75. The Kier molecular flexibility index (Phi) is 5.65. The van der Waals surface area contributed by atoms with E-state index in [1.807, 2.05) is 38.1 Å². The Balaban J connectivity index is 2.67. The van der Waals surface area contributed by atoms with E-state index >= 15 is 0 Å². The Morgan fingerprint density at radius 3 is 2.72 bits per heavy atom. The fourth-order valence-electron chi connectivity index (χ4n) is 1.61. The van der Waals surface area contributed by atoms with E-state index in [0.29, 0.717) is 6.61 Å². The van der Waals surface area contributed by atoms with Gasteiger partial charge in [-0.3, -0.25) is 4.79 Å². The molecule has 0 aliphatic heterocycles. The molecule has 2 N–H and O–H groups in total. The van der Waals surface area contributed by atoms with Crippen LogP contribution in [0.5, 0.6) is 5.75 Å². The van der Waals surface area contributed by atoms with Crippen LogP contribution in [-0.2, 0) is 9.53 Å². The Morgan fingerprint density at radius 2 is 2.11 bits per heavy atom. The lowest BCUT2D eigenvalue weighted by Crippen LogP contribution is -2.17. The summed E-state index contributed by atoms with van der Waals surface area (Å²) >= 11 is 0. The molecule has 100 valence electrons. The molecule has 1 aromatic rings. The first-order chi connectivity index (χ1) is 8.52. The van der Waals surface area contributed by atoms with E-state index in [-0.39, 0.29) is 24.5 Å². The van der Waals surface area contributed by atoms with Crippen LogP contribution in [0.1, 0.15) is 38.8 Å². The molecule has 0 aliphatic rings. The number of esters is 1. The normalized spacial score (nSPS) is 12.3. The van der Waals surface area contributed by atoms with Gasteiger partial charge in [0.1, 0.15) is 5.75 Å². The highest BCUT2D eigenvalue weighted by atomic mass is 16.5. The topological polar surface area (TPSA) is 61.5 Å². The smallest absolute Gasteiger partial charge is 0.307 e. The molecule has 0 saturated carbocycles. The predicted octanol–water partition coefficient (Wildman–Crippen LogP) is 2.43. The number of ether oxygens (including phenoxy) is 2. The molecule has 0 fully saturated rings. The van der Waals surface area contributed by atoms with Crippen molar-refractivity contribution < 1.29 is 14.3 Å². The average molecular weight is 251 g/mol. The van der Waals surface area contributed by atoms with Gasteiger partial charge in [0.05, 0.1) is 19.1 Å². The van der Waals surface area contributed by atoms with Gasteiger partial charge >= 0.3 is 5.97 Å². The zero-order valence-corrected chi connectivity index (χ0v) is 11.2. The lowest BCUT2D eigenvalue weighted by Gasteiger charge is -2.14. The zero-order valence-electron chi connectivity index (χ0n) is 11.2. The first-order valence-electron chi connectivity index (χ1n) is 6.20. The molecule has 0 aliphatic carbocycles. The number of hydrogen-bond acceptors (Lipinski definition) is 4. The third-order valence-corrected chi connectivity index (χ3v) is 2.35. The standard InChI is InChI=1S/C14H21NO3/c1-4-17-14(16)9-13(15)11-6-5-7-12(8-11)18-10(2)3/h5-8,10,13H,4,9,15H2,1-3H3/t13-/m0/s1. The van der Waals surface area contributed by atoms with Gasteiger partial charge in [0.2, 0.25) is 0 Å². The summed E-state index contributed by atoms with van der Waals surface area (Å²) in [4.78, 5) is 11.4. The highest BCUT2D eigenvalue weighted by molar-refractivity contribution is 5.70. The lowest BCUT2D eigenvalue weighted by molar-refractivity contribution is -0.143. The number of rotatable bonds is 6. The molecular formula is C14H21NO3. The summed E-state index contributed by atoms with van der Waals surface area (Å²) in [6.45, 7) is 6.08. The summed E-state index contributed by atoms with van der Waals surface area (Å²) in [6, 6.07) is 7.14. The van der Waals surface area contributed by atoms with Crippen molar-refractivity contribution in [3.05, 3.63) is 29.8 Å². The Bertz CT molecular complexity index is 390. The fraction of sp³-hybridized carbons (Fsp3) is 0.500.